The number of alkyl halides is 3. The van der Waals surface area contributed by atoms with Crippen LogP contribution in [0.15, 0.2) is 42.7 Å². The molecule has 1 aromatic heterocycles. The molecular weight excluding hydrogens is 495 g/mol. The van der Waals surface area contributed by atoms with Crippen molar-refractivity contribution < 1.29 is 22.7 Å². The van der Waals surface area contributed by atoms with Crippen molar-refractivity contribution >= 4 is 11.6 Å². The Morgan fingerprint density at radius 2 is 1.97 bits per heavy atom. The van der Waals surface area contributed by atoms with Crippen molar-refractivity contribution in [1.29, 1.82) is 0 Å². The Balaban J connectivity index is 1.34. The minimum atomic E-state index is -4.57. The lowest BCUT2D eigenvalue weighted by Crippen LogP contribution is -2.49. The van der Waals surface area contributed by atoms with E-state index in [1.807, 2.05) is 26.1 Å². The molecule has 0 spiro atoms. The number of aryl methyl sites for hydroxylation is 1. The highest BCUT2D eigenvalue weighted by Gasteiger charge is 2.50. The number of ether oxygens (including phenoxy) is 1. The lowest BCUT2D eigenvalue weighted by Gasteiger charge is -2.46. The topological polar surface area (TPSA) is 72.3 Å². The summed E-state index contributed by atoms with van der Waals surface area (Å²) in [6.45, 7) is 4.18. The summed E-state index contributed by atoms with van der Waals surface area (Å²) in [4.78, 5) is 15.0. The van der Waals surface area contributed by atoms with E-state index >= 15 is 0 Å². The molecule has 0 bridgehead atoms. The van der Waals surface area contributed by atoms with E-state index in [0.717, 1.165) is 24.8 Å². The predicted molar refractivity (Wildman–Crippen MR) is 134 cm³/mol. The van der Waals surface area contributed by atoms with Gasteiger partial charge < -0.3 is 19.5 Å². The standard InChI is InChI=1S/C28H30F3N5O2/c1-17-13-27(38-17,25-34-33-16-35(25)3)19-6-4-7-20(12-19)36-15-22-21(24(36)37)10-18(11-23(22)28(29,30)31)14-32-26(2)8-5-9-26/h4,6-7,10-12,16-17,32H,5,8-9,13-15H2,1-3H3/t17-,27-/m1/s1. The largest absolute Gasteiger partial charge is 0.416 e. The van der Waals surface area contributed by atoms with Gasteiger partial charge in [0.05, 0.1) is 18.2 Å². The quantitative estimate of drug-likeness (QED) is 0.486. The van der Waals surface area contributed by atoms with Gasteiger partial charge in [-0.1, -0.05) is 12.1 Å². The second-order valence-electron chi connectivity index (χ2n) is 11.1. The molecular formula is C28H30F3N5O2. The van der Waals surface area contributed by atoms with E-state index in [0.29, 0.717) is 23.5 Å². The molecule has 1 saturated carbocycles. The van der Waals surface area contributed by atoms with Crippen molar-refractivity contribution in [3.05, 3.63) is 76.4 Å². The Labute approximate surface area is 219 Å². The first-order chi connectivity index (χ1) is 18.0. The van der Waals surface area contributed by atoms with Crippen LogP contribution in [0.25, 0.3) is 0 Å². The molecule has 6 rings (SSSR count). The van der Waals surface area contributed by atoms with Crippen LogP contribution < -0.4 is 10.2 Å². The average molecular weight is 526 g/mol. The third-order valence-corrected chi connectivity index (χ3v) is 8.26. The molecule has 1 amide bonds. The maximum atomic E-state index is 14.2. The maximum Gasteiger partial charge on any atom is 0.416 e. The van der Waals surface area contributed by atoms with Crippen LogP contribution in [0.4, 0.5) is 18.9 Å². The number of hydrogen-bond acceptors (Lipinski definition) is 5. The molecule has 200 valence electrons. The molecule has 1 saturated heterocycles. The number of aromatic nitrogens is 3. The molecule has 1 aliphatic carbocycles. The molecule has 2 atom stereocenters. The number of anilines is 1. The van der Waals surface area contributed by atoms with E-state index in [2.05, 4.69) is 22.4 Å². The number of rotatable bonds is 6. The van der Waals surface area contributed by atoms with Gasteiger partial charge in [0.1, 0.15) is 6.33 Å². The van der Waals surface area contributed by atoms with E-state index < -0.39 is 23.2 Å². The van der Waals surface area contributed by atoms with E-state index in [-0.39, 0.29) is 35.9 Å². The molecule has 38 heavy (non-hydrogen) atoms. The van der Waals surface area contributed by atoms with Gasteiger partial charge in [0, 0.05) is 36.8 Å². The van der Waals surface area contributed by atoms with E-state index in [9.17, 15) is 18.0 Å². The Bertz CT molecular complexity index is 1410. The summed E-state index contributed by atoms with van der Waals surface area (Å²) >= 11 is 0. The van der Waals surface area contributed by atoms with Gasteiger partial charge in [-0.2, -0.15) is 13.2 Å². The molecule has 10 heteroatoms. The van der Waals surface area contributed by atoms with Crippen LogP contribution in [-0.2, 0) is 36.7 Å². The molecule has 1 N–H and O–H groups in total. The molecule has 2 aromatic carbocycles. The fourth-order valence-electron chi connectivity index (χ4n) is 6.00. The second-order valence-corrected chi connectivity index (χ2v) is 11.1. The summed E-state index contributed by atoms with van der Waals surface area (Å²) in [6, 6.07) is 10.1. The smallest absolute Gasteiger partial charge is 0.359 e. The first-order valence-electron chi connectivity index (χ1n) is 12.9. The van der Waals surface area contributed by atoms with Crippen molar-refractivity contribution in [1.82, 2.24) is 20.1 Å². The van der Waals surface area contributed by atoms with Crippen molar-refractivity contribution in [3.8, 4) is 0 Å². The molecule has 7 nitrogen and oxygen atoms in total. The van der Waals surface area contributed by atoms with Crippen LogP contribution in [0.2, 0.25) is 0 Å². The number of carbonyl (C=O) groups is 1. The Morgan fingerprint density at radius 3 is 2.58 bits per heavy atom. The maximum absolute atomic E-state index is 14.2. The number of nitrogens with one attached hydrogen (secondary N) is 1. The monoisotopic (exact) mass is 525 g/mol. The molecule has 3 aromatic rings. The van der Waals surface area contributed by atoms with Gasteiger partial charge in [-0.05, 0) is 74.1 Å². The minimum absolute atomic E-state index is 0.0107. The third-order valence-electron chi connectivity index (χ3n) is 8.26. The number of halogens is 3. The molecule has 3 aliphatic rings. The number of amides is 1. The number of hydrogen-bond donors (Lipinski definition) is 1. The summed E-state index contributed by atoms with van der Waals surface area (Å²) in [5.41, 5.74) is 0.249. The molecule has 3 heterocycles. The summed E-state index contributed by atoms with van der Waals surface area (Å²) in [7, 11) is 1.84. The zero-order valence-corrected chi connectivity index (χ0v) is 21.6. The summed E-state index contributed by atoms with van der Waals surface area (Å²) in [5, 5.41) is 11.6. The van der Waals surface area contributed by atoms with Crippen molar-refractivity contribution in [3.63, 3.8) is 0 Å². The van der Waals surface area contributed by atoms with Crippen LogP contribution in [-0.4, -0.2) is 32.3 Å². The molecule has 0 radical (unpaired) electrons. The number of fused-ring (bicyclic) bond motifs is 1. The van der Waals surface area contributed by atoms with Crippen LogP contribution >= 0.6 is 0 Å². The highest BCUT2D eigenvalue weighted by atomic mass is 19.4. The van der Waals surface area contributed by atoms with Crippen LogP contribution in [0.1, 0.15) is 78.0 Å². The van der Waals surface area contributed by atoms with Crippen molar-refractivity contribution in [2.75, 3.05) is 4.90 Å². The Kier molecular flexibility index (Phi) is 5.70. The number of benzene rings is 2. The highest BCUT2D eigenvalue weighted by Crippen LogP contribution is 2.47. The summed E-state index contributed by atoms with van der Waals surface area (Å²) < 4.78 is 50.5. The van der Waals surface area contributed by atoms with E-state index in [1.54, 1.807) is 29.1 Å². The van der Waals surface area contributed by atoms with Gasteiger partial charge in [-0.25, -0.2) is 0 Å². The van der Waals surface area contributed by atoms with Gasteiger partial charge in [0.2, 0.25) is 0 Å². The molecule has 2 aliphatic heterocycles. The van der Waals surface area contributed by atoms with Gasteiger partial charge >= 0.3 is 6.18 Å². The SMILES string of the molecule is C[C@@H]1C[C@@](c2cccc(N3Cc4c(cc(CNC5(C)CCC5)cc4C(F)(F)F)C3=O)c2)(c2nncn2C)O1. The summed E-state index contributed by atoms with van der Waals surface area (Å²) in [5.74, 6) is 0.204. The Morgan fingerprint density at radius 1 is 1.21 bits per heavy atom. The normalized spacial score (nSPS) is 24.2. The zero-order chi connectivity index (χ0) is 26.9. The van der Waals surface area contributed by atoms with E-state index in [1.165, 1.54) is 11.0 Å². The fourth-order valence-corrected chi connectivity index (χ4v) is 6.00. The third kappa shape index (κ3) is 4.01. The molecule has 2 fully saturated rings. The zero-order valence-electron chi connectivity index (χ0n) is 21.6. The summed E-state index contributed by atoms with van der Waals surface area (Å²) in [6.07, 6.45) is 0.808. The van der Waals surface area contributed by atoms with Gasteiger partial charge in [-0.3, -0.25) is 4.79 Å². The first-order valence-corrected chi connectivity index (χ1v) is 12.9. The van der Waals surface area contributed by atoms with Crippen molar-refractivity contribution in [2.24, 2.45) is 7.05 Å². The lowest BCUT2D eigenvalue weighted by molar-refractivity contribution is -0.184. The van der Waals surface area contributed by atoms with Crippen molar-refractivity contribution in [2.45, 2.75) is 76.0 Å². The fraction of sp³-hybridized carbons (Fsp3) is 0.464. The van der Waals surface area contributed by atoms with Crippen LogP contribution in [0.3, 0.4) is 0 Å². The number of nitrogens with zero attached hydrogens (tertiary/aromatic N) is 4. The number of carbonyl (C=O) groups excluding carboxylic acids is 1. The van der Waals surface area contributed by atoms with Gasteiger partial charge in [-0.15, -0.1) is 10.2 Å². The first kappa shape index (κ1) is 25.1. The van der Waals surface area contributed by atoms with Gasteiger partial charge in [0.15, 0.2) is 11.4 Å². The van der Waals surface area contributed by atoms with Gasteiger partial charge in [0.25, 0.3) is 5.91 Å². The Hall–Kier alpha value is -3.24. The van der Waals surface area contributed by atoms with Crippen LogP contribution in [0.5, 0.6) is 0 Å². The van der Waals surface area contributed by atoms with Crippen LogP contribution in [0, 0.1) is 0 Å². The average Bonchev–Trinajstić information content (AvgIpc) is 3.41. The minimum Gasteiger partial charge on any atom is -0.359 e. The molecule has 0 unspecified atom stereocenters. The van der Waals surface area contributed by atoms with E-state index in [4.69, 9.17) is 4.74 Å². The lowest BCUT2D eigenvalue weighted by atomic mass is 9.78. The highest BCUT2D eigenvalue weighted by molar-refractivity contribution is 6.10. The predicted octanol–water partition coefficient (Wildman–Crippen LogP) is 5.08. The second kappa shape index (κ2) is 8.64.